The van der Waals surface area contributed by atoms with Gasteiger partial charge < -0.3 is 10.3 Å². The van der Waals surface area contributed by atoms with E-state index in [4.69, 9.17) is 10.3 Å². The first-order chi connectivity index (χ1) is 8.84. The van der Waals surface area contributed by atoms with Crippen molar-refractivity contribution < 1.29 is 4.52 Å². The van der Waals surface area contributed by atoms with E-state index in [1.165, 1.54) is 44.9 Å². The first-order valence-electron chi connectivity index (χ1n) is 7.43. The van der Waals surface area contributed by atoms with Crippen LogP contribution < -0.4 is 5.73 Å². The second-order valence-corrected chi connectivity index (χ2v) is 5.88. The van der Waals surface area contributed by atoms with Gasteiger partial charge in [0.2, 0.25) is 5.89 Å². The van der Waals surface area contributed by atoms with Crippen LogP contribution in [0.3, 0.4) is 0 Å². The van der Waals surface area contributed by atoms with Gasteiger partial charge in [-0.15, -0.1) is 0 Å². The van der Waals surface area contributed by atoms with E-state index in [1.807, 2.05) is 0 Å². The van der Waals surface area contributed by atoms with Gasteiger partial charge in [0.15, 0.2) is 5.82 Å². The first-order valence-corrected chi connectivity index (χ1v) is 7.43. The third-order valence-electron chi connectivity index (χ3n) is 4.56. The standard InChI is InChI=1S/C14H23N3O/c15-12-9-5-4-8-11(12)14-16-13(17-18-14)10-6-2-1-3-7-10/h10-12H,1-9,15H2. The second-order valence-electron chi connectivity index (χ2n) is 5.88. The minimum atomic E-state index is 0.207. The topological polar surface area (TPSA) is 64.9 Å². The molecule has 2 unspecified atom stereocenters. The lowest BCUT2D eigenvalue weighted by Crippen LogP contribution is -2.31. The minimum absolute atomic E-state index is 0.207. The lowest BCUT2D eigenvalue weighted by molar-refractivity contribution is 0.287. The summed E-state index contributed by atoms with van der Waals surface area (Å²) in [4.78, 5) is 4.65. The Morgan fingerprint density at radius 1 is 0.944 bits per heavy atom. The molecule has 0 aliphatic heterocycles. The minimum Gasteiger partial charge on any atom is -0.339 e. The maximum absolute atomic E-state index is 6.17. The quantitative estimate of drug-likeness (QED) is 0.874. The Morgan fingerprint density at radius 2 is 1.67 bits per heavy atom. The fourth-order valence-electron chi connectivity index (χ4n) is 3.39. The molecule has 100 valence electrons. The van der Waals surface area contributed by atoms with Gasteiger partial charge in [0, 0.05) is 12.0 Å². The molecule has 2 atom stereocenters. The molecule has 2 aliphatic rings. The molecule has 2 saturated carbocycles. The van der Waals surface area contributed by atoms with E-state index in [0.717, 1.165) is 24.6 Å². The zero-order valence-electron chi connectivity index (χ0n) is 11.0. The maximum atomic E-state index is 6.17. The molecule has 0 saturated heterocycles. The summed E-state index contributed by atoms with van der Waals surface area (Å²) < 4.78 is 5.49. The van der Waals surface area contributed by atoms with Crippen LogP contribution >= 0.6 is 0 Å². The molecule has 18 heavy (non-hydrogen) atoms. The highest BCUT2D eigenvalue weighted by Gasteiger charge is 2.29. The molecule has 2 fully saturated rings. The number of aromatic nitrogens is 2. The van der Waals surface area contributed by atoms with Gasteiger partial charge in [0.25, 0.3) is 0 Å². The van der Waals surface area contributed by atoms with Gasteiger partial charge in [0.05, 0.1) is 5.92 Å². The van der Waals surface area contributed by atoms with E-state index in [-0.39, 0.29) is 6.04 Å². The summed E-state index contributed by atoms with van der Waals surface area (Å²) in [6.45, 7) is 0. The highest BCUT2D eigenvalue weighted by atomic mass is 16.5. The molecular formula is C14H23N3O. The van der Waals surface area contributed by atoms with Crippen molar-refractivity contribution >= 4 is 0 Å². The molecule has 0 bridgehead atoms. The Labute approximate surface area is 108 Å². The van der Waals surface area contributed by atoms with E-state index < -0.39 is 0 Å². The monoisotopic (exact) mass is 249 g/mol. The Morgan fingerprint density at radius 3 is 2.44 bits per heavy atom. The summed E-state index contributed by atoms with van der Waals surface area (Å²) >= 11 is 0. The fourth-order valence-corrected chi connectivity index (χ4v) is 3.39. The Kier molecular flexibility index (Phi) is 3.64. The van der Waals surface area contributed by atoms with Crippen LogP contribution in [0.25, 0.3) is 0 Å². The van der Waals surface area contributed by atoms with E-state index in [2.05, 4.69) is 10.1 Å². The predicted molar refractivity (Wildman–Crippen MR) is 69.3 cm³/mol. The Bertz CT molecular complexity index is 384. The van der Waals surface area contributed by atoms with Crippen LogP contribution in [0, 0.1) is 0 Å². The van der Waals surface area contributed by atoms with Crippen LogP contribution in [0.2, 0.25) is 0 Å². The Hall–Kier alpha value is -0.900. The van der Waals surface area contributed by atoms with Crippen molar-refractivity contribution in [2.45, 2.75) is 75.7 Å². The summed E-state index contributed by atoms with van der Waals surface area (Å²) in [5.41, 5.74) is 6.17. The number of hydrogen-bond acceptors (Lipinski definition) is 4. The summed E-state index contributed by atoms with van der Waals surface area (Å²) in [5.74, 6) is 2.55. The molecule has 1 heterocycles. The SMILES string of the molecule is NC1CCCCC1c1nc(C2CCCCC2)no1. The van der Waals surface area contributed by atoms with Crippen LogP contribution in [0.1, 0.15) is 81.3 Å². The molecule has 3 rings (SSSR count). The van der Waals surface area contributed by atoms with Crippen LogP contribution in [0.4, 0.5) is 0 Å². The van der Waals surface area contributed by atoms with Crippen molar-refractivity contribution in [3.8, 4) is 0 Å². The molecule has 0 radical (unpaired) electrons. The third kappa shape index (κ3) is 2.44. The van der Waals surface area contributed by atoms with Crippen molar-refractivity contribution in [3.63, 3.8) is 0 Å². The molecular weight excluding hydrogens is 226 g/mol. The summed E-state index contributed by atoms with van der Waals surface area (Å²) in [6, 6.07) is 0.207. The average molecular weight is 249 g/mol. The number of nitrogens with zero attached hydrogens (tertiary/aromatic N) is 2. The van der Waals surface area contributed by atoms with Gasteiger partial charge in [-0.3, -0.25) is 0 Å². The van der Waals surface area contributed by atoms with Crippen molar-refractivity contribution in [1.29, 1.82) is 0 Å². The second kappa shape index (κ2) is 5.39. The van der Waals surface area contributed by atoms with E-state index in [0.29, 0.717) is 11.8 Å². The molecule has 4 heteroatoms. The third-order valence-corrected chi connectivity index (χ3v) is 4.56. The van der Waals surface area contributed by atoms with Gasteiger partial charge in [-0.25, -0.2) is 0 Å². The van der Waals surface area contributed by atoms with Gasteiger partial charge in [-0.1, -0.05) is 37.3 Å². The molecule has 0 amide bonds. The molecule has 2 N–H and O–H groups in total. The van der Waals surface area contributed by atoms with Gasteiger partial charge in [0.1, 0.15) is 0 Å². The van der Waals surface area contributed by atoms with Crippen molar-refractivity contribution in [1.82, 2.24) is 10.1 Å². The van der Waals surface area contributed by atoms with Crippen molar-refractivity contribution in [3.05, 3.63) is 11.7 Å². The summed E-state index contributed by atoms with van der Waals surface area (Å²) in [5, 5.41) is 4.21. The van der Waals surface area contributed by atoms with E-state index >= 15 is 0 Å². The van der Waals surface area contributed by atoms with E-state index in [9.17, 15) is 0 Å². The van der Waals surface area contributed by atoms with Gasteiger partial charge in [-0.05, 0) is 25.7 Å². The normalized spacial score (nSPS) is 30.5. The fraction of sp³-hybridized carbons (Fsp3) is 0.857. The smallest absolute Gasteiger partial charge is 0.231 e. The Balaban J connectivity index is 1.71. The summed E-state index contributed by atoms with van der Waals surface area (Å²) in [6.07, 6.45) is 11.1. The number of nitrogens with two attached hydrogens (primary N) is 1. The molecule has 4 nitrogen and oxygen atoms in total. The molecule has 0 spiro atoms. The maximum Gasteiger partial charge on any atom is 0.231 e. The zero-order chi connectivity index (χ0) is 12.4. The lowest BCUT2D eigenvalue weighted by Gasteiger charge is -2.25. The van der Waals surface area contributed by atoms with Gasteiger partial charge in [-0.2, -0.15) is 4.98 Å². The highest BCUT2D eigenvalue weighted by Crippen LogP contribution is 2.34. The first kappa shape index (κ1) is 12.2. The van der Waals surface area contributed by atoms with Crippen LogP contribution in [-0.4, -0.2) is 16.2 Å². The average Bonchev–Trinajstić information content (AvgIpc) is 2.90. The van der Waals surface area contributed by atoms with E-state index in [1.54, 1.807) is 0 Å². The van der Waals surface area contributed by atoms with Crippen molar-refractivity contribution in [2.75, 3.05) is 0 Å². The largest absolute Gasteiger partial charge is 0.339 e. The number of rotatable bonds is 2. The zero-order valence-corrected chi connectivity index (χ0v) is 11.0. The van der Waals surface area contributed by atoms with Crippen molar-refractivity contribution in [2.24, 2.45) is 5.73 Å². The van der Waals surface area contributed by atoms with Crippen LogP contribution in [0.5, 0.6) is 0 Å². The molecule has 0 aromatic carbocycles. The van der Waals surface area contributed by atoms with Crippen LogP contribution in [0.15, 0.2) is 4.52 Å². The summed E-state index contributed by atoms with van der Waals surface area (Å²) in [7, 11) is 0. The predicted octanol–water partition coefficient (Wildman–Crippen LogP) is 3.10. The van der Waals surface area contributed by atoms with Crippen LogP contribution in [-0.2, 0) is 0 Å². The highest BCUT2D eigenvalue weighted by molar-refractivity contribution is 5.03. The molecule has 1 aromatic rings. The lowest BCUT2D eigenvalue weighted by atomic mass is 9.85. The molecule has 1 aromatic heterocycles. The number of hydrogen-bond donors (Lipinski definition) is 1. The molecule has 2 aliphatic carbocycles. The van der Waals surface area contributed by atoms with Gasteiger partial charge >= 0.3 is 0 Å².